The third-order valence-corrected chi connectivity index (χ3v) is 7.97. The number of likely N-dealkylation sites (N-methyl/N-ethyl adjacent to an activating group) is 1. The summed E-state index contributed by atoms with van der Waals surface area (Å²) in [5.41, 5.74) is 1.20. The summed E-state index contributed by atoms with van der Waals surface area (Å²) in [4.78, 5) is 27.1. The van der Waals surface area contributed by atoms with Gasteiger partial charge in [0, 0.05) is 20.1 Å². The molecule has 1 heterocycles. The lowest BCUT2D eigenvalue weighted by Gasteiger charge is -2.46. The summed E-state index contributed by atoms with van der Waals surface area (Å²) in [5.74, 6) is 1.09. The molecule has 2 amide bonds. The van der Waals surface area contributed by atoms with Crippen LogP contribution in [0.25, 0.3) is 0 Å². The molecule has 3 atom stereocenters. The van der Waals surface area contributed by atoms with Crippen molar-refractivity contribution in [3.8, 4) is 5.75 Å². The molecule has 1 aliphatic heterocycles. The monoisotopic (exact) mass is 479 g/mol. The van der Waals surface area contributed by atoms with Gasteiger partial charge in [-0.15, -0.1) is 12.4 Å². The van der Waals surface area contributed by atoms with E-state index in [2.05, 4.69) is 35.4 Å². The highest BCUT2D eigenvalue weighted by Gasteiger charge is 2.39. The van der Waals surface area contributed by atoms with E-state index in [4.69, 9.17) is 0 Å². The van der Waals surface area contributed by atoms with Gasteiger partial charge in [0.1, 0.15) is 5.75 Å². The average Bonchev–Trinajstić information content (AvgIpc) is 2.80. The average molecular weight is 480 g/mol. The number of likely N-dealkylation sites (tertiary alicyclic amines) is 1. The van der Waals surface area contributed by atoms with Crippen molar-refractivity contribution in [2.75, 3.05) is 33.2 Å². The molecule has 6 nitrogen and oxygen atoms in total. The highest BCUT2D eigenvalue weighted by atomic mass is 35.5. The first-order valence-electron chi connectivity index (χ1n) is 12.3. The van der Waals surface area contributed by atoms with Crippen LogP contribution in [0.15, 0.2) is 24.3 Å². The number of carbonyl (C=O) groups is 2. The number of phenolic OH excluding ortho intramolecular Hbond substituents is 1. The van der Waals surface area contributed by atoms with Crippen LogP contribution in [-0.4, -0.2) is 55.0 Å². The van der Waals surface area contributed by atoms with Crippen molar-refractivity contribution in [1.82, 2.24) is 15.5 Å². The van der Waals surface area contributed by atoms with E-state index in [0.717, 1.165) is 32.5 Å². The van der Waals surface area contributed by atoms with Gasteiger partial charge in [0.2, 0.25) is 11.8 Å². The fourth-order valence-corrected chi connectivity index (χ4v) is 5.57. The largest absolute Gasteiger partial charge is 0.508 e. The van der Waals surface area contributed by atoms with Crippen LogP contribution < -0.4 is 10.6 Å². The Morgan fingerprint density at radius 2 is 1.97 bits per heavy atom. The Hall–Kier alpha value is -1.79. The Balaban J connectivity index is 0.00000385. The van der Waals surface area contributed by atoms with E-state index in [1.54, 1.807) is 13.1 Å². The number of nitrogens with one attached hydrogen (secondary N) is 2. The zero-order valence-electron chi connectivity index (χ0n) is 20.4. The minimum absolute atomic E-state index is 0. The second-order valence-corrected chi connectivity index (χ2v) is 10.2. The first-order chi connectivity index (χ1) is 15.3. The van der Waals surface area contributed by atoms with Crippen molar-refractivity contribution in [1.29, 1.82) is 0 Å². The fourth-order valence-electron chi connectivity index (χ4n) is 5.57. The molecule has 2 fully saturated rings. The minimum atomic E-state index is -0.164. The lowest BCUT2D eigenvalue weighted by Crippen LogP contribution is -2.50. The van der Waals surface area contributed by atoms with E-state index in [9.17, 15) is 14.7 Å². The summed E-state index contributed by atoms with van der Waals surface area (Å²) in [6.07, 6.45) is 8.17. The number of amides is 2. The molecule has 7 heteroatoms. The highest BCUT2D eigenvalue weighted by molar-refractivity contribution is 5.86. The smallest absolute Gasteiger partial charge is 0.239 e. The Bertz CT molecular complexity index is 784. The summed E-state index contributed by atoms with van der Waals surface area (Å²) in [5, 5.41) is 15.4. The fraction of sp³-hybridized carbons (Fsp3) is 0.692. The van der Waals surface area contributed by atoms with Gasteiger partial charge >= 0.3 is 0 Å². The number of hydrogen-bond donors (Lipinski definition) is 3. The molecule has 3 N–H and O–H groups in total. The first-order valence-corrected chi connectivity index (χ1v) is 12.3. The summed E-state index contributed by atoms with van der Waals surface area (Å²) in [7, 11) is 1.59. The van der Waals surface area contributed by atoms with Crippen molar-refractivity contribution in [3.05, 3.63) is 29.8 Å². The van der Waals surface area contributed by atoms with Crippen molar-refractivity contribution in [2.24, 2.45) is 17.8 Å². The Kier molecular flexibility index (Phi) is 10.5. The van der Waals surface area contributed by atoms with Gasteiger partial charge in [-0.3, -0.25) is 9.59 Å². The molecule has 33 heavy (non-hydrogen) atoms. The Morgan fingerprint density at radius 3 is 2.61 bits per heavy atom. The van der Waals surface area contributed by atoms with Gasteiger partial charge in [0.15, 0.2) is 0 Å². The van der Waals surface area contributed by atoms with Gasteiger partial charge in [-0.2, -0.15) is 0 Å². The van der Waals surface area contributed by atoms with E-state index in [1.165, 1.54) is 37.7 Å². The Labute approximate surface area is 205 Å². The number of phenols is 1. The number of carbonyl (C=O) groups excluding carboxylic acids is 2. The normalized spacial score (nSPS) is 25.0. The van der Waals surface area contributed by atoms with Gasteiger partial charge in [-0.1, -0.05) is 58.1 Å². The highest BCUT2D eigenvalue weighted by Crippen LogP contribution is 2.40. The van der Waals surface area contributed by atoms with E-state index >= 15 is 0 Å². The van der Waals surface area contributed by atoms with E-state index in [0.29, 0.717) is 17.6 Å². The molecule has 1 saturated heterocycles. The predicted octanol–water partition coefficient (Wildman–Crippen LogP) is 3.86. The molecule has 0 spiro atoms. The lowest BCUT2D eigenvalue weighted by atomic mass is 9.68. The molecule has 0 bridgehead atoms. The van der Waals surface area contributed by atoms with E-state index in [-0.39, 0.29) is 42.1 Å². The summed E-state index contributed by atoms with van der Waals surface area (Å²) >= 11 is 0. The van der Waals surface area contributed by atoms with Crippen LogP contribution in [-0.2, 0) is 15.0 Å². The zero-order chi connectivity index (χ0) is 23.1. The molecule has 186 valence electrons. The van der Waals surface area contributed by atoms with Crippen LogP contribution in [0, 0.1) is 17.8 Å². The van der Waals surface area contributed by atoms with Gasteiger partial charge in [0.25, 0.3) is 0 Å². The standard InChI is InChI=1S/C26H41N3O3.ClH/c1-19-17-29(13-12-26(19,2)22-10-7-11-23(30)15-22)18-21(14-20-8-5-4-6-9-20)25(32)28-16-24(31)27-3;/h7,10-11,15,19-21,30H,4-6,8-9,12-14,16-18H2,1-3H3,(H,27,31)(H,28,32);1H. The van der Waals surface area contributed by atoms with Crippen LogP contribution in [0.4, 0.5) is 0 Å². The number of aromatic hydroxyl groups is 1. The van der Waals surface area contributed by atoms with Crippen molar-refractivity contribution in [2.45, 2.75) is 64.2 Å². The molecule has 3 unspecified atom stereocenters. The van der Waals surface area contributed by atoms with Gasteiger partial charge in [-0.05, 0) is 54.3 Å². The van der Waals surface area contributed by atoms with Crippen LogP contribution in [0.1, 0.15) is 64.4 Å². The third kappa shape index (κ3) is 7.35. The summed E-state index contributed by atoms with van der Waals surface area (Å²) in [6, 6.07) is 7.65. The van der Waals surface area contributed by atoms with Crippen molar-refractivity contribution >= 4 is 24.2 Å². The number of benzene rings is 1. The Morgan fingerprint density at radius 1 is 1.24 bits per heavy atom. The number of halogens is 1. The number of nitrogens with zero attached hydrogens (tertiary/aromatic N) is 1. The SMILES string of the molecule is CNC(=O)CNC(=O)C(CC1CCCCC1)CN1CCC(C)(c2cccc(O)c2)C(C)C1.Cl. The van der Waals surface area contributed by atoms with E-state index < -0.39 is 0 Å². The van der Waals surface area contributed by atoms with Crippen LogP contribution >= 0.6 is 12.4 Å². The quantitative estimate of drug-likeness (QED) is 0.528. The van der Waals surface area contributed by atoms with Crippen molar-refractivity contribution in [3.63, 3.8) is 0 Å². The zero-order valence-corrected chi connectivity index (χ0v) is 21.3. The lowest BCUT2D eigenvalue weighted by molar-refractivity contribution is -0.129. The van der Waals surface area contributed by atoms with E-state index in [1.807, 2.05) is 12.1 Å². The predicted molar refractivity (Wildman–Crippen MR) is 135 cm³/mol. The van der Waals surface area contributed by atoms with Crippen LogP contribution in [0.5, 0.6) is 5.75 Å². The molecule has 0 aromatic heterocycles. The van der Waals surface area contributed by atoms with Crippen LogP contribution in [0.3, 0.4) is 0 Å². The van der Waals surface area contributed by atoms with Gasteiger partial charge in [-0.25, -0.2) is 0 Å². The van der Waals surface area contributed by atoms with Gasteiger partial charge in [0.05, 0.1) is 12.5 Å². The molecule has 1 aliphatic carbocycles. The number of hydrogen-bond acceptors (Lipinski definition) is 4. The second-order valence-electron chi connectivity index (χ2n) is 10.2. The molecule has 0 radical (unpaired) electrons. The molecule has 3 rings (SSSR count). The molecule has 1 aromatic carbocycles. The number of piperidine rings is 1. The molecular weight excluding hydrogens is 438 g/mol. The minimum Gasteiger partial charge on any atom is -0.508 e. The van der Waals surface area contributed by atoms with Crippen molar-refractivity contribution < 1.29 is 14.7 Å². The first kappa shape index (κ1) is 27.5. The van der Waals surface area contributed by atoms with Crippen LogP contribution in [0.2, 0.25) is 0 Å². The second kappa shape index (κ2) is 12.6. The van der Waals surface area contributed by atoms with Gasteiger partial charge < -0.3 is 20.6 Å². The third-order valence-electron chi connectivity index (χ3n) is 7.97. The number of rotatable bonds is 8. The maximum absolute atomic E-state index is 13.0. The molecule has 1 saturated carbocycles. The topological polar surface area (TPSA) is 81.7 Å². The maximum atomic E-state index is 13.0. The maximum Gasteiger partial charge on any atom is 0.239 e. The molecular formula is C26H42ClN3O3. The molecule has 2 aliphatic rings. The molecule has 1 aromatic rings. The summed E-state index contributed by atoms with van der Waals surface area (Å²) < 4.78 is 0. The summed E-state index contributed by atoms with van der Waals surface area (Å²) in [6.45, 7) is 7.22.